The third-order valence-electron chi connectivity index (χ3n) is 4.34. The van der Waals surface area contributed by atoms with Gasteiger partial charge in [0.1, 0.15) is 0 Å². The van der Waals surface area contributed by atoms with Crippen molar-refractivity contribution in [2.45, 2.75) is 32.7 Å². The van der Waals surface area contributed by atoms with Crippen molar-refractivity contribution in [3.63, 3.8) is 0 Å². The summed E-state index contributed by atoms with van der Waals surface area (Å²) in [6.07, 6.45) is 2.62. The van der Waals surface area contributed by atoms with E-state index in [1.54, 1.807) is 0 Å². The summed E-state index contributed by atoms with van der Waals surface area (Å²) in [5, 5.41) is 12.5. The van der Waals surface area contributed by atoms with Crippen LogP contribution < -0.4 is 5.32 Å². The highest BCUT2D eigenvalue weighted by atomic mass is 15.1. The van der Waals surface area contributed by atoms with E-state index in [2.05, 4.69) is 36.2 Å². The molecule has 3 heteroatoms. The highest BCUT2D eigenvalue weighted by Gasteiger charge is 2.20. The Morgan fingerprint density at radius 1 is 1.50 bits per heavy atom. The molecule has 0 aliphatic carbocycles. The fraction of sp³-hybridized carbons (Fsp3) is 0.588. The highest BCUT2D eigenvalue weighted by molar-refractivity contribution is 5.34. The minimum absolute atomic E-state index is 0.371. The molecule has 2 rings (SSSR count). The third-order valence-corrected chi connectivity index (χ3v) is 4.34. The lowest BCUT2D eigenvalue weighted by atomic mass is 9.97. The van der Waals surface area contributed by atoms with Gasteiger partial charge in [-0.3, -0.25) is 4.90 Å². The normalized spacial score (nSPS) is 20.6. The summed E-state index contributed by atoms with van der Waals surface area (Å²) < 4.78 is 0. The van der Waals surface area contributed by atoms with Gasteiger partial charge < -0.3 is 5.32 Å². The maximum absolute atomic E-state index is 9.03. The van der Waals surface area contributed by atoms with Crippen molar-refractivity contribution in [2.75, 3.05) is 26.2 Å². The Morgan fingerprint density at radius 2 is 2.35 bits per heavy atom. The maximum Gasteiger partial charge on any atom is 0.0991 e. The van der Waals surface area contributed by atoms with Gasteiger partial charge in [0.25, 0.3) is 0 Å². The Morgan fingerprint density at radius 3 is 3.00 bits per heavy atom. The van der Waals surface area contributed by atoms with E-state index in [1.165, 1.54) is 24.9 Å². The molecule has 0 aromatic heterocycles. The van der Waals surface area contributed by atoms with Crippen molar-refractivity contribution < 1.29 is 0 Å². The molecule has 1 aliphatic rings. The number of rotatable bonds is 5. The van der Waals surface area contributed by atoms with Gasteiger partial charge in [-0.15, -0.1) is 0 Å². The van der Waals surface area contributed by atoms with E-state index >= 15 is 0 Å². The van der Waals surface area contributed by atoms with E-state index in [-0.39, 0.29) is 0 Å². The van der Waals surface area contributed by atoms with Gasteiger partial charge in [-0.05, 0) is 63.0 Å². The van der Waals surface area contributed by atoms with Gasteiger partial charge in [0.2, 0.25) is 0 Å². The molecule has 0 amide bonds. The van der Waals surface area contributed by atoms with Crippen molar-refractivity contribution in [3.05, 3.63) is 35.4 Å². The number of piperidine rings is 1. The molecule has 0 radical (unpaired) electrons. The fourth-order valence-corrected chi connectivity index (χ4v) is 3.05. The van der Waals surface area contributed by atoms with Gasteiger partial charge >= 0.3 is 0 Å². The molecule has 0 bridgehead atoms. The quantitative estimate of drug-likeness (QED) is 0.895. The molecule has 0 saturated carbocycles. The lowest BCUT2D eigenvalue weighted by Gasteiger charge is -2.33. The van der Waals surface area contributed by atoms with Gasteiger partial charge in [-0.1, -0.05) is 19.1 Å². The maximum atomic E-state index is 9.03. The topological polar surface area (TPSA) is 39.1 Å². The smallest absolute Gasteiger partial charge is 0.0991 e. The van der Waals surface area contributed by atoms with E-state index in [0.29, 0.717) is 6.04 Å². The molecule has 0 spiro atoms. The van der Waals surface area contributed by atoms with Crippen LogP contribution in [-0.4, -0.2) is 31.1 Å². The van der Waals surface area contributed by atoms with Gasteiger partial charge in [0, 0.05) is 12.6 Å². The minimum Gasteiger partial charge on any atom is -0.316 e. The second-order valence-electron chi connectivity index (χ2n) is 5.71. The zero-order chi connectivity index (χ0) is 14.4. The van der Waals surface area contributed by atoms with Crippen LogP contribution in [0.25, 0.3) is 0 Å². The summed E-state index contributed by atoms with van der Waals surface area (Å²) in [5.74, 6) is 0.755. The number of nitrogens with one attached hydrogen (secondary N) is 1. The predicted molar refractivity (Wildman–Crippen MR) is 82.4 cm³/mol. The number of nitriles is 1. The monoisotopic (exact) mass is 271 g/mol. The lowest BCUT2D eigenvalue weighted by molar-refractivity contribution is 0.171. The summed E-state index contributed by atoms with van der Waals surface area (Å²) in [6.45, 7) is 8.97. The van der Waals surface area contributed by atoms with Crippen molar-refractivity contribution in [1.82, 2.24) is 10.2 Å². The molecule has 2 unspecified atom stereocenters. The van der Waals surface area contributed by atoms with Crippen LogP contribution in [0.2, 0.25) is 0 Å². The average molecular weight is 271 g/mol. The predicted octanol–water partition coefficient (Wildman–Crippen LogP) is 2.94. The van der Waals surface area contributed by atoms with Crippen molar-refractivity contribution in [1.29, 1.82) is 5.26 Å². The lowest BCUT2D eigenvalue weighted by Crippen LogP contribution is -2.39. The molecule has 1 saturated heterocycles. The first kappa shape index (κ1) is 15.0. The fourth-order valence-electron chi connectivity index (χ4n) is 3.05. The molecule has 1 fully saturated rings. The molecule has 1 heterocycles. The molecule has 1 aromatic carbocycles. The van der Waals surface area contributed by atoms with Crippen molar-refractivity contribution >= 4 is 0 Å². The van der Waals surface area contributed by atoms with E-state index in [1.807, 2.05) is 18.2 Å². The largest absolute Gasteiger partial charge is 0.316 e. The van der Waals surface area contributed by atoms with Crippen LogP contribution in [0, 0.1) is 17.2 Å². The van der Waals surface area contributed by atoms with Crippen LogP contribution in [0.1, 0.15) is 43.9 Å². The highest BCUT2D eigenvalue weighted by Crippen LogP contribution is 2.23. The molecule has 1 N–H and O–H groups in total. The summed E-state index contributed by atoms with van der Waals surface area (Å²) >= 11 is 0. The van der Waals surface area contributed by atoms with Crippen LogP contribution in [0.15, 0.2) is 24.3 Å². The summed E-state index contributed by atoms with van der Waals surface area (Å²) in [4.78, 5) is 2.52. The molecule has 1 aromatic rings. The van der Waals surface area contributed by atoms with Crippen molar-refractivity contribution in [3.8, 4) is 6.07 Å². The molecule has 2 atom stereocenters. The molecule has 20 heavy (non-hydrogen) atoms. The number of benzene rings is 1. The molecule has 1 aliphatic heterocycles. The minimum atomic E-state index is 0.371. The molecular formula is C17H25N3. The first-order valence-electron chi connectivity index (χ1n) is 7.69. The van der Waals surface area contributed by atoms with Crippen LogP contribution >= 0.6 is 0 Å². The van der Waals surface area contributed by atoms with E-state index in [0.717, 1.165) is 31.1 Å². The molecule has 3 nitrogen and oxygen atoms in total. The number of hydrogen-bond acceptors (Lipinski definition) is 3. The number of nitrogens with zero attached hydrogens (tertiary/aromatic N) is 2. The summed E-state index contributed by atoms with van der Waals surface area (Å²) in [7, 11) is 0. The Hall–Kier alpha value is -1.37. The van der Waals surface area contributed by atoms with Gasteiger partial charge in [0.05, 0.1) is 11.6 Å². The zero-order valence-corrected chi connectivity index (χ0v) is 12.6. The van der Waals surface area contributed by atoms with Crippen molar-refractivity contribution in [2.24, 2.45) is 5.92 Å². The van der Waals surface area contributed by atoms with E-state index in [4.69, 9.17) is 5.26 Å². The standard InChI is InChI=1S/C17H25N3/c1-3-20(13-16-7-5-9-19-12-16)14(2)17-8-4-6-15(10-17)11-18/h4,6,8,10,14,16,19H,3,5,7,9,12-13H2,1-2H3. The van der Waals surface area contributed by atoms with Crippen LogP contribution in [0.5, 0.6) is 0 Å². The Labute approximate surface area is 122 Å². The number of hydrogen-bond donors (Lipinski definition) is 1. The van der Waals surface area contributed by atoms with E-state index < -0.39 is 0 Å². The first-order chi connectivity index (χ1) is 9.74. The zero-order valence-electron chi connectivity index (χ0n) is 12.6. The Bertz CT molecular complexity index is 458. The SMILES string of the molecule is CCN(CC1CCCNC1)C(C)c1cccc(C#N)c1. The van der Waals surface area contributed by atoms with Gasteiger partial charge in [-0.25, -0.2) is 0 Å². The molecular weight excluding hydrogens is 246 g/mol. The summed E-state index contributed by atoms with van der Waals surface area (Å²) in [6, 6.07) is 10.6. The third kappa shape index (κ3) is 3.82. The first-order valence-corrected chi connectivity index (χ1v) is 7.69. The Balaban J connectivity index is 2.03. The summed E-state index contributed by atoms with van der Waals surface area (Å²) in [5.41, 5.74) is 2.00. The van der Waals surface area contributed by atoms with E-state index in [9.17, 15) is 0 Å². The van der Waals surface area contributed by atoms with Crippen LogP contribution in [0.3, 0.4) is 0 Å². The van der Waals surface area contributed by atoms with Gasteiger partial charge in [-0.2, -0.15) is 5.26 Å². The van der Waals surface area contributed by atoms with Crippen LogP contribution in [-0.2, 0) is 0 Å². The van der Waals surface area contributed by atoms with Gasteiger partial charge in [0.15, 0.2) is 0 Å². The Kier molecular flexibility index (Phi) is 5.58. The second kappa shape index (κ2) is 7.42. The van der Waals surface area contributed by atoms with Crippen LogP contribution in [0.4, 0.5) is 0 Å². The average Bonchev–Trinajstić information content (AvgIpc) is 2.53. The molecule has 108 valence electrons. The second-order valence-corrected chi connectivity index (χ2v) is 5.71.